The van der Waals surface area contributed by atoms with Crippen LogP contribution in [0.25, 0.3) is 0 Å². The summed E-state index contributed by atoms with van der Waals surface area (Å²) in [4.78, 5) is 28.0. The molecule has 0 aliphatic carbocycles. The maximum absolute atomic E-state index is 14.4. The molecule has 1 N–H and O–H groups in total. The van der Waals surface area contributed by atoms with Crippen LogP contribution in [0, 0.1) is 5.82 Å². The number of hydrogen-bond acceptors (Lipinski definition) is 5. The zero-order valence-corrected chi connectivity index (χ0v) is 19.1. The third-order valence-electron chi connectivity index (χ3n) is 5.64. The number of amides is 1. The van der Waals surface area contributed by atoms with Gasteiger partial charge in [0.2, 0.25) is 5.91 Å². The molecular formula is C24H25ClFN5O2. The van der Waals surface area contributed by atoms with Crippen molar-refractivity contribution < 1.29 is 14.0 Å². The Morgan fingerprint density at radius 2 is 1.88 bits per heavy atom. The summed E-state index contributed by atoms with van der Waals surface area (Å²) in [5, 5.41) is 7.87. The number of nitrogens with one attached hydrogen (secondary N) is 1. The molecule has 0 unspecified atom stereocenters. The van der Waals surface area contributed by atoms with Crippen molar-refractivity contribution in [2.75, 3.05) is 42.9 Å². The zero-order chi connectivity index (χ0) is 23.4. The second kappa shape index (κ2) is 10.1. The average Bonchev–Trinajstić information content (AvgIpc) is 3.20. The average molecular weight is 470 g/mol. The van der Waals surface area contributed by atoms with Crippen molar-refractivity contribution in [3.8, 4) is 0 Å². The number of Topliss-reactive ketones (excluding diaryl/α,β-unsaturated/α-hetero) is 1. The van der Waals surface area contributed by atoms with Gasteiger partial charge in [-0.3, -0.25) is 14.5 Å². The number of aromatic nitrogens is 2. The van der Waals surface area contributed by atoms with Crippen molar-refractivity contribution in [3.05, 3.63) is 76.7 Å². The predicted octanol–water partition coefficient (Wildman–Crippen LogP) is 3.69. The third kappa shape index (κ3) is 5.77. The minimum Gasteiger partial charge on any atom is -0.367 e. The van der Waals surface area contributed by atoms with Crippen molar-refractivity contribution in [1.29, 1.82) is 0 Å². The molecule has 0 atom stereocenters. The van der Waals surface area contributed by atoms with Gasteiger partial charge in [0.25, 0.3) is 0 Å². The highest BCUT2D eigenvalue weighted by atomic mass is 35.5. The lowest BCUT2D eigenvalue weighted by molar-refractivity contribution is -0.117. The Morgan fingerprint density at radius 3 is 2.58 bits per heavy atom. The second-order valence-corrected chi connectivity index (χ2v) is 8.47. The lowest BCUT2D eigenvalue weighted by atomic mass is 10.1. The fourth-order valence-electron chi connectivity index (χ4n) is 3.89. The first-order chi connectivity index (χ1) is 15.9. The first-order valence-corrected chi connectivity index (χ1v) is 11.1. The lowest BCUT2D eigenvalue weighted by Gasteiger charge is -2.35. The number of ketones is 1. The lowest BCUT2D eigenvalue weighted by Crippen LogP contribution is -2.49. The van der Waals surface area contributed by atoms with Crippen LogP contribution in [0.1, 0.15) is 22.8 Å². The van der Waals surface area contributed by atoms with E-state index in [1.165, 1.54) is 13.0 Å². The molecule has 33 heavy (non-hydrogen) atoms. The molecule has 4 rings (SSSR count). The Labute approximate surface area is 196 Å². The number of carbonyl (C=O) groups excluding carboxylic acids is 2. The molecule has 0 spiro atoms. The fraction of sp³-hybridized carbons (Fsp3) is 0.292. The van der Waals surface area contributed by atoms with Gasteiger partial charge in [-0.2, -0.15) is 5.10 Å². The van der Waals surface area contributed by atoms with Crippen LogP contribution in [0.15, 0.2) is 54.7 Å². The van der Waals surface area contributed by atoms with Gasteiger partial charge in [0.15, 0.2) is 5.78 Å². The van der Waals surface area contributed by atoms with Crippen molar-refractivity contribution in [3.63, 3.8) is 0 Å². The Bertz CT molecular complexity index is 1160. The number of carbonyl (C=O) groups is 2. The minimum atomic E-state index is -0.401. The number of benzene rings is 2. The van der Waals surface area contributed by atoms with E-state index in [9.17, 15) is 14.0 Å². The molecule has 7 nitrogen and oxygen atoms in total. The zero-order valence-electron chi connectivity index (χ0n) is 18.3. The molecule has 1 aromatic heterocycles. The number of rotatable bonds is 7. The number of nitrogens with zero attached hydrogens (tertiary/aromatic N) is 4. The van der Waals surface area contributed by atoms with E-state index in [4.69, 9.17) is 11.6 Å². The van der Waals surface area contributed by atoms with E-state index >= 15 is 0 Å². The van der Waals surface area contributed by atoms with Crippen molar-refractivity contribution in [1.82, 2.24) is 14.7 Å². The summed E-state index contributed by atoms with van der Waals surface area (Å²) in [6, 6.07) is 13.8. The number of hydrogen-bond donors (Lipinski definition) is 1. The summed E-state index contributed by atoms with van der Waals surface area (Å²) >= 11 is 6.05. The Balaban J connectivity index is 1.30. The van der Waals surface area contributed by atoms with E-state index in [0.717, 1.165) is 5.56 Å². The summed E-state index contributed by atoms with van der Waals surface area (Å²) in [5.74, 6) is -0.0772. The Morgan fingerprint density at radius 1 is 1.09 bits per heavy atom. The van der Waals surface area contributed by atoms with Crippen LogP contribution in [0.4, 0.5) is 15.9 Å². The molecule has 1 amide bonds. The van der Waals surface area contributed by atoms with E-state index in [0.29, 0.717) is 54.8 Å². The van der Waals surface area contributed by atoms with Crippen molar-refractivity contribution in [2.45, 2.75) is 13.5 Å². The van der Waals surface area contributed by atoms with E-state index in [1.54, 1.807) is 29.1 Å². The monoisotopic (exact) mass is 469 g/mol. The summed E-state index contributed by atoms with van der Waals surface area (Å²) in [6.07, 6.45) is 1.64. The summed E-state index contributed by atoms with van der Waals surface area (Å²) in [6.45, 7) is 4.60. The number of anilines is 2. The number of piperazine rings is 1. The van der Waals surface area contributed by atoms with E-state index in [2.05, 4.69) is 10.4 Å². The molecule has 172 valence electrons. The van der Waals surface area contributed by atoms with Gasteiger partial charge >= 0.3 is 0 Å². The Hall–Kier alpha value is -3.23. The van der Waals surface area contributed by atoms with Gasteiger partial charge in [-0.15, -0.1) is 0 Å². The Kier molecular flexibility index (Phi) is 7.05. The minimum absolute atomic E-state index is 0.131. The number of halogens is 2. The predicted molar refractivity (Wildman–Crippen MR) is 126 cm³/mol. The van der Waals surface area contributed by atoms with Gasteiger partial charge in [-0.05, 0) is 42.8 Å². The molecule has 3 aromatic rings. The van der Waals surface area contributed by atoms with Gasteiger partial charge < -0.3 is 10.2 Å². The fourth-order valence-corrected chi connectivity index (χ4v) is 4.10. The smallest absolute Gasteiger partial charge is 0.239 e. The van der Waals surface area contributed by atoms with Crippen LogP contribution in [0.5, 0.6) is 0 Å². The van der Waals surface area contributed by atoms with Crippen LogP contribution in [-0.2, 0) is 11.3 Å². The molecular weight excluding hydrogens is 445 g/mol. The van der Waals surface area contributed by atoms with Gasteiger partial charge in [0.1, 0.15) is 11.6 Å². The SMILES string of the molecule is CC(=O)c1ccc(N2CCN(CC(=O)Nc3ccnn3Cc3cccc(Cl)c3)CC2)c(F)c1. The molecule has 0 radical (unpaired) electrons. The quantitative estimate of drug-likeness (QED) is 0.534. The molecule has 1 saturated heterocycles. The first kappa shape index (κ1) is 22.9. The van der Waals surface area contributed by atoms with Crippen LogP contribution in [0.3, 0.4) is 0 Å². The largest absolute Gasteiger partial charge is 0.367 e. The maximum Gasteiger partial charge on any atom is 0.239 e. The van der Waals surface area contributed by atoms with Gasteiger partial charge in [-0.25, -0.2) is 9.07 Å². The van der Waals surface area contributed by atoms with E-state index in [1.807, 2.05) is 34.1 Å². The summed E-state index contributed by atoms with van der Waals surface area (Å²) in [7, 11) is 0. The topological polar surface area (TPSA) is 70.5 Å². The third-order valence-corrected chi connectivity index (χ3v) is 5.87. The van der Waals surface area contributed by atoms with Crippen molar-refractivity contribution in [2.24, 2.45) is 0 Å². The van der Waals surface area contributed by atoms with Crippen LogP contribution in [-0.4, -0.2) is 59.1 Å². The van der Waals surface area contributed by atoms with Crippen LogP contribution < -0.4 is 10.2 Å². The molecule has 1 aliphatic heterocycles. The van der Waals surface area contributed by atoms with Gasteiger partial charge in [-0.1, -0.05) is 23.7 Å². The molecule has 0 bridgehead atoms. The van der Waals surface area contributed by atoms with Crippen molar-refractivity contribution >= 4 is 34.8 Å². The molecule has 2 heterocycles. The molecule has 1 aliphatic rings. The molecule has 0 saturated carbocycles. The molecule has 1 fully saturated rings. The normalized spacial score (nSPS) is 14.3. The van der Waals surface area contributed by atoms with E-state index in [-0.39, 0.29) is 18.2 Å². The molecule has 2 aromatic carbocycles. The van der Waals surface area contributed by atoms with Crippen LogP contribution in [0.2, 0.25) is 5.02 Å². The summed E-state index contributed by atoms with van der Waals surface area (Å²) < 4.78 is 16.2. The molecule has 9 heteroatoms. The van der Waals surface area contributed by atoms with Gasteiger partial charge in [0, 0.05) is 42.8 Å². The highest BCUT2D eigenvalue weighted by Crippen LogP contribution is 2.22. The highest BCUT2D eigenvalue weighted by molar-refractivity contribution is 6.30. The van der Waals surface area contributed by atoms with Gasteiger partial charge in [0.05, 0.1) is 25.0 Å². The second-order valence-electron chi connectivity index (χ2n) is 8.04. The first-order valence-electron chi connectivity index (χ1n) is 10.7. The summed E-state index contributed by atoms with van der Waals surface area (Å²) in [5.41, 5.74) is 1.83. The highest BCUT2D eigenvalue weighted by Gasteiger charge is 2.22. The van der Waals surface area contributed by atoms with Crippen LogP contribution >= 0.6 is 11.6 Å². The maximum atomic E-state index is 14.4. The standard InChI is InChI=1S/C24H25ClFN5O2/c1-17(32)19-5-6-22(21(26)14-19)30-11-9-29(10-12-30)16-24(33)28-23-7-8-27-31(23)15-18-3-2-4-20(25)13-18/h2-8,13-14H,9-12,15-16H2,1H3,(H,28,33). The van der Waals surface area contributed by atoms with E-state index < -0.39 is 5.82 Å².